The lowest BCUT2D eigenvalue weighted by Gasteiger charge is -2.34. The summed E-state index contributed by atoms with van der Waals surface area (Å²) in [6.07, 6.45) is 1.19. The van der Waals surface area contributed by atoms with Crippen molar-refractivity contribution in [3.8, 4) is 0 Å². The van der Waals surface area contributed by atoms with Crippen molar-refractivity contribution in [2.45, 2.75) is 38.7 Å². The molecular weight excluding hydrogens is 311 g/mol. The fourth-order valence-electron chi connectivity index (χ4n) is 3.06. The fraction of sp³-hybridized carbons (Fsp3) is 0.556. The van der Waals surface area contributed by atoms with Gasteiger partial charge in [0, 0.05) is 32.5 Å². The van der Waals surface area contributed by atoms with Crippen LogP contribution in [0, 0.1) is 11.7 Å². The van der Waals surface area contributed by atoms with Crippen molar-refractivity contribution in [1.82, 2.24) is 10.2 Å². The van der Waals surface area contributed by atoms with Crippen LogP contribution in [0.4, 0.5) is 4.39 Å². The molecule has 1 aliphatic rings. The van der Waals surface area contributed by atoms with Crippen LogP contribution in [0.2, 0.25) is 0 Å². The van der Waals surface area contributed by atoms with Crippen LogP contribution in [-0.4, -0.2) is 41.5 Å². The average Bonchev–Trinajstić information content (AvgIpc) is 2.60. The molecule has 1 heterocycles. The molecule has 1 aromatic rings. The minimum absolute atomic E-state index is 0.0176. The van der Waals surface area contributed by atoms with E-state index in [0.29, 0.717) is 38.0 Å². The minimum Gasteiger partial charge on any atom is -0.388 e. The lowest BCUT2D eigenvalue weighted by atomic mass is 9.87. The van der Waals surface area contributed by atoms with Gasteiger partial charge in [0.2, 0.25) is 11.8 Å². The minimum atomic E-state index is -0.641. The molecule has 0 aromatic heterocycles. The van der Waals surface area contributed by atoms with Crippen LogP contribution in [0.5, 0.6) is 0 Å². The number of aliphatic hydroxyl groups excluding tert-OH is 1. The van der Waals surface area contributed by atoms with Gasteiger partial charge in [-0.3, -0.25) is 9.59 Å². The molecule has 24 heavy (non-hydrogen) atoms. The molecule has 2 N–H and O–H groups in total. The van der Waals surface area contributed by atoms with Crippen LogP contribution in [0.25, 0.3) is 0 Å². The maximum absolute atomic E-state index is 13.0. The van der Waals surface area contributed by atoms with Crippen molar-refractivity contribution in [3.05, 3.63) is 35.6 Å². The van der Waals surface area contributed by atoms with Crippen molar-refractivity contribution < 1.29 is 19.1 Å². The van der Waals surface area contributed by atoms with Gasteiger partial charge < -0.3 is 15.3 Å². The molecule has 6 heteroatoms. The van der Waals surface area contributed by atoms with E-state index in [-0.39, 0.29) is 36.4 Å². The summed E-state index contributed by atoms with van der Waals surface area (Å²) in [5, 5.41) is 13.1. The number of carbonyl (C=O) groups excluding carboxylic acids is 2. The van der Waals surface area contributed by atoms with Crippen LogP contribution in [-0.2, 0) is 9.59 Å². The van der Waals surface area contributed by atoms with Gasteiger partial charge >= 0.3 is 0 Å². The number of hydrogen-bond acceptors (Lipinski definition) is 3. The zero-order chi connectivity index (χ0) is 17.5. The van der Waals surface area contributed by atoms with Crippen molar-refractivity contribution >= 4 is 11.8 Å². The molecule has 1 atom stereocenters. The Morgan fingerprint density at radius 2 is 1.88 bits per heavy atom. The molecule has 0 aliphatic carbocycles. The Hall–Kier alpha value is -1.95. The number of halogens is 1. The van der Waals surface area contributed by atoms with E-state index >= 15 is 0 Å². The molecule has 0 spiro atoms. The first-order valence-corrected chi connectivity index (χ1v) is 8.49. The highest BCUT2D eigenvalue weighted by Gasteiger charge is 2.28. The highest BCUT2D eigenvalue weighted by molar-refractivity contribution is 5.83. The SMILES string of the molecule is CCNC(=O)CCC(=O)N1CCC(C(O)c2ccc(F)cc2)CC1. The normalized spacial score (nSPS) is 16.7. The molecule has 0 bridgehead atoms. The number of likely N-dealkylation sites (tertiary alicyclic amines) is 1. The third kappa shape index (κ3) is 5.03. The standard InChI is InChI=1S/C18H25FN2O3/c1-2-20-16(22)7-8-17(23)21-11-9-14(10-12-21)18(24)13-3-5-15(19)6-4-13/h3-6,14,18,24H,2,7-12H2,1H3,(H,20,22). The topological polar surface area (TPSA) is 69.6 Å². The van der Waals surface area contributed by atoms with Gasteiger partial charge in [0.1, 0.15) is 5.82 Å². The molecule has 2 amide bonds. The van der Waals surface area contributed by atoms with Gasteiger partial charge in [-0.1, -0.05) is 12.1 Å². The molecule has 132 valence electrons. The predicted molar refractivity (Wildman–Crippen MR) is 88.6 cm³/mol. The van der Waals surface area contributed by atoms with E-state index in [0.717, 1.165) is 0 Å². The van der Waals surface area contributed by atoms with E-state index in [4.69, 9.17) is 0 Å². The number of nitrogens with zero attached hydrogens (tertiary/aromatic N) is 1. The summed E-state index contributed by atoms with van der Waals surface area (Å²) in [7, 11) is 0. The quantitative estimate of drug-likeness (QED) is 0.835. The van der Waals surface area contributed by atoms with E-state index in [1.807, 2.05) is 6.92 Å². The van der Waals surface area contributed by atoms with Gasteiger partial charge in [-0.25, -0.2) is 4.39 Å². The Balaban J connectivity index is 1.79. The van der Waals surface area contributed by atoms with E-state index < -0.39 is 6.10 Å². The first kappa shape index (κ1) is 18.4. The van der Waals surface area contributed by atoms with Crippen LogP contribution >= 0.6 is 0 Å². The summed E-state index contributed by atoms with van der Waals surface area (Å²) in [6, 6.07) is 5.89. The molecule has 0 saturated carbocycles. The predicted octanol–water partition coefficient (Wildman–Crippen LogP) is 2.01. The summed E-state index contributed by atoms with van der Waals surface area (Å²) in [5.74, 6) is -0.384. The highest BCUT2D eigenvalue weighted by Crippen LogP contribution is 2.31. The molecule has 1 fully saturated rings. The maximum atomic E-state index is 13.0. The first-order valence-electron chi connectivity index (χ1n) is 8.49. The van der Waals surface area contributed by atoms with E-state index in [1.54, 1.807) is 17.0 Å². The van der Waals surface area contributed by atoms with Crippen molar-refractivity contribution in [3.63, 3.8) is 0 Å². The summed E-state index contributed by atoms with van der Waals surface area (Å²) in [5.41, 5.74) is 0.706. The van der Waals surface area contributed by atoms with Crippen LogP contribution in [0.1, 0.15) is 44.3 Å². The zero-order valence-electron chi connectivity index (χ0n) is 14.0. The smallest absolute Gasteiger partial charge is 0.223 e. The summed E-state index contributed by atoms with van der Waals surface area (Å²) >= 11 is 0. The van der Waals surface area contributed by atoms with Crippen molar-refractivity contribution in [1.29, 1.82) is 0 Å². The van der Waals surface area contributed by atoms with E-state index in [1.165, 1.54) is 12.1 Å². The third-order valence-electron chi connectivity index (χ3n) is 4.49. The maximum Gasteiger partial charge on any atom is 0.223 e. The lowest BCUT2D eigenvalue weighted by Crippen LogP contribution is -2.40. The number of rotatable bonds is 6. The molecule has 1 aliphatic heterocycles. The Morgan fingerprint density at radius 1 is 1.25 bits per heavy atom. The number of carbonyl (C=O) groups is 2. The van der Waals surface area contributed by atoms with Gasteiger partial charge in [-0.15, -0.1) is 0 Å². The molecule has 1 unspecified atom stereocenters. The molecule has 1 aromatic carbocycles. The number of nitrogens with one attached hydrogen (secondary N) is 1. The fourth-order valence-corrected chi connectivity index (χ4v) is 3.06. The third-order valence-corrected chi connectivity index (χ3v) is 4.49. The second kappa shape index (κ2) is 8.78. The number of hydrogen-bond donors (Lipinski definition) is 2. The Kier molecular flexibility index (Phi) is 6.73. The van der Waals surface area contributed by atoms with Crippen LogP contribution in [0.3, 0.4) is 0 Å². The van der Waals surface area contributed by atoms with Gasteiger partial charge in [0.15, 0.2) is 0 Å². The molecular formula is C18H25FN2O3. The zero-order valence-corrected chi connectivity index (χ0v) is 14.0. The molecule has 1 saturated heterocycles. The largest absolute Gasteiger partial charge is 0.388 e. The number of benzene rings is 1. The van der Waals surface area contributed by atoms with E-state index in [9.17, 15) is 19.1 Å². The second-order valence-electron chi connectivity index (χ2n) is 6.17. The highest BCUT2D eigenvalue weighted by atomic mass is 19.1. The molecule has 2 rings (SSSR count). The second-order valence-corrected chi connectivity index (χ2v) is 6.17. The van der Waals surface area contributed by atoms with Gasteiger partial charge in [0.25, 0.3) is 0 Å². The van der Waals surface area contributed by atoms with Crippen molar-refractivity contribution in [2.24, 2.45) is 5.92 Å². The Labute approximate surface area is 141 Å². The average molecular weight is 336 g/mol. The number of piperidine rings is 1. The van der Waals surface area contributed by atoms with Gasteiger partial charge in [0.05, 0.1) is 6.10 Å². The van der Waals surface area contributed by atoms with Gasteiger partial charge in [-0.05, 0) is 43.4 Å². The van der Waals surface area contributed by atoms with E-state index in [2.05, 4.69) is 5.32 Å². The summed E-state index contributed by atoms with van der Waals surface area (Å²) in [4.78, 5) is 25.3. The Bertz CT molecular complexity index is 554. The molecule has 5 nitrogen and oxygen atoms in total. The Morgan fingerprint density at radius 3 is 2.46 bits per heavy atom. The van der Waals surface area contributed by atoms with Gasteiger partial charge in [-0.2, -0.15) is 0 Å². The van der Waals surface area contributed by atoms with Crippen molar-refractivity contribution in [2.75, 3.05) is 19.6 Å². The number of aliphatic hydroxyl groups is 1. The van der Waals surface area contributed by atoms with Crippen LogP contribution in [0.15, 0.2) is 24.3 Å². The monoisotopic (exact) mass is 336 g/mol. The summed E-state index contributed by atoms with van der Waals surface area (Å²) < 4.78 is 13.0. The molecule has 0 radical (unpaired) electrons. The number of amides is 2. The lowest BCUT2D eigenvalue weighted by molar-refractivity contribution is -0.135. The first-order chi connectivity index (χ1) is 11.5. The summed E-state index contributed by atoms with van der Waals surface area (Å²) in [6.45, 7) is 3.57. The van der Waals surface area contributed by atoms with Crippen LogP contribution < -0.4 is 5.32 Å².